The smallest absolute Gasteiger partial charge is 0.349 e. The molecule has 0 radical (unpaired) electrons. The van der Waals surface area contributed by atoms with E-state index in [0.717, 1.165) is 22.3 Å². The van der Waals surface area contributed by atoms with Crippen molar-refractivity contribution in [2.75, 3.05) is 26.2 Å². The zero-order valence-electron chi connectivity index (χ0n) is 25.7. The summed E-state index contributed by atoms with van der Waals surface area (Å²) >= 11 is 0. The summed E-state index contributed by atoms with van der Waals surface area (Å²) in [6, 6.07) is 18.3. The van der Waals surface area contributed by atoms with Crippen LogP contribution in [0.3, 0.4) is 0 Å². The van der Waals surface area contributed by atoms with Crippen molar-refractivity contribution >= 4 is 15.9 Å². The summed E-state index contributed by atoms with van der Waals surface area (Å²) in [7, 11) is -3.77. The van der Waals surface area contributed by atoms with Gasteiger partial charge in [0.25, 0.3) is 0 Å². The summed E-state index contributed by atoms with van der Waals surface area (Å²) in [6.07, 6.45) is -1.47. The van der Waals surface area contributed by atoms with Crippen LogP contribution in [0.5, 0.6) is 0 Å². The van der Waals surface area contributed by atoms with Gasteiger partial charge in [-0.25, -0.2) is 17.5 Å². The first-order valence-electron chi connectivity index (χ1n) is 15.7. The highest BCUT2D eigenvalue weighted by atomic mass is 32.2. The maximum absolute atomic E-state index is 13.2. The van der Waals surface area contributed by atoms with Crippen LogP contribution in [-0.2, 0) is 21.2 Å². The molecule has 2 atom stereocenters. The number of benzene rings is 3. The molecule has 1 aliphatic carbocycles. The first-order chi connectivity index (χ1) is 21.9. The molecule has 1 saturated carbocycles. The van der Waals surface area contributed by atoms with Crippen molar-refractivity contribution < 1.29 is 30.8 Å². The van der Waals surface area contributed by atoms with Gasteiger partial charge >= 0.3 is 6.18 Å². The summed E-state index contributed by atoms with van der Waals surface area (Å²) in [5.41, 5.74) is 3.54. The van der Waals surface area contributed by atoms with E-state index in [-0.39, 0.29) is 41.2 Å². The van der Waals surface area contributed by atoms with Crippen LogP contribution in [0, 0.1) is 11.7 Å². The van der Waals surface area contributed by atoms with Crippen molar-refractivity contribution in [1.29, 1.82) is 0 Å². The molecule has 7 nitrogen and oxygen atoms in total. The molecule has 0 bridgehead atoms. The maximum Gasteiger partial charge on any atom is 0.405 e. The van der Waals surface area contributed by atoms with Crippen LogP contribution in [0.4, 0.5) is 17.6 Å². The summed E-state index contributed by atoms with van der Waals surface area (Å²) in [5, 5.41) is 5.52. The minimum Gasteiger partial charge on any atom is -0.349 e. The zero-order chi connectivity index (χ0) is 32.9. The van der Waals surface area contributed by atoms with Gasteiger partial charge in [-0.15, -0.1) is 0 Å². The monoisotopic (exact) mass is 660 g/mol. The molecule has 0 aromatic heterocycles. The van der Waals surface area contributed by atoms with E-state index in [1.165, 1.54) is 12.1 Å². The van der Waals surface area contributed by atoms with Crippen molar-refractivity contribution in [2.24, 2.45) is 5.92 Å². The Balaban J connectivity index is 1.11. The third-order valence-electron chi connectivity index (χ3n) is 8.94. The fraction of sp³-hybridized carbons (Fsp3) is 0.441. The molecular weight excluding hydrogens is 620 g/mol. The van der Waals surface area contributed by atoms with Crippen molar-refractivity contribution in [3.63, 3.8) is 0 Å². The van der Waals surface area contributed by atoms with E-state index in [1.54, 1.807) is 36.4 Å². The second-order valence-corrected chi connectivity index (χ2v) is 14.0. The lowest BCUT2D eigenvalue weighted by molar-refractivity contribution is -0.164. The topological polar surface area (TPSA) is 90.5 Å². The van der Waals surface area contributed by atoms with Crippen LogP contribution in [-0.4, -0.2) is 63.7 Å². The Hall–Kier alpha value is -3.32. The third-order valence-corrected chi connectivity index (χ3v) is 10.5. The van der Waals surface area contributed by atoms with Gasteiger partial charge in [0, 0.05) is 38.1 Å². The quantitative estimate of drug-likeness (QED) is 0.247. The number of carbonyl (C=O) groups excluding carboxylic acids is 1. The molecule has 3 aromatic rings. The first-order valence-corrected chi connectivity index (χ1v) is 17.2. The number of alkyl halides is 3. The number of hydrogen-bond donors (Lipinski definition) is 3. The van der Waals surface area contributed by atoms with Gasteiger partial charge < -0.3 is 10.6 Å². The van der Waals surface area contributed by atoms with Gasteiger partial charge in [0.1, 0.15) is 11.9 Å². The molecule has 1 heterocycles. The van der Waals surface area contributed by atoms with Crippen LogP contribution in [0.2, 0.25) is 0 Å². The molecule has 1 saturated heterocycles. The predicted octanol–water partition coefficient (Wildman–Crippen LogP) is 5.59. The Morgan fingerprint density at radius 2 is 1.67 bits per heavy atom. The minimum atomic E-state index is -4.27. The molecule has 1 unspecified atom stereocenters. The van der Waals surface area contributed by atoms with Crippen LogP contribution in [0.1, 0.15) is 49.8 Å². The lowest BCUT2D eigenvalue weighted by Gasteiger charge is -2.34. The van der Waals surface area contributed by atoms with E-state index < -0.39 is 22.2 Å². The molecule has 1 amide bonds. The second-order valence-electron chi connectivity index (χ2n) is 12.3. The molecule has 3 N–H and O–H groups in total. The van der Waals surface area contributed by atoms with E-state index in [0.29, 0.717) is 51.7 Å². The van der Waals surface area contributed by atoms with Gasteiger partial charge in [0.15, 0.2) is 0 Å². The minimum absolute atomic E-state index is 0.0674. The highest BCUT2D eigenvalue weighted by molar-refractivity contribution is 7.89. The molecule has 2 fully saturated rings. The predicted molar refractivity (Wildman–Crippen MR) is 169 cm³/mol. The van der Waals surface area contributed by atoms with E-state index in [2.05, 4.69) is 15.4 Å². The van der Waals surface area contributed by atoms with Gasteiger partial charge in [-0.2, -0.15) is 13.2 Å². The lowest BCUT2D eigenvalue weighted by Crippen LogP contribution is -2.57. The van der Waals surface area contributed by atoms with Gasteiger partial charge in [0.2, 0.25) is 15.9 Å². The molecule has 5 rings (SSSR count). The maximum atomic E-state index is 13.2. The van der Waals surface area contributed by atoms with E-state index in [1.807, 2.05) is 36.1 Å². The third kappa shape index (κ3) is 8.93. The van der Waals surface area contributed by atoms with Gasteiger partial charge in [-0.3, -0.25) is 9.69 Å². The Labute approximate surface area is 267 Å². The first kappa shape index (κ1) is 34.0. The molecule has 46 heavy (non-hydrogen) atoms. The largest absolute Gasteiger partial charge is 0.405 e. The number of halogens is 4. The van der Waals surface area contributed by atoms with Crippen LogP contribution in [0.15, 0.2) is 77.7 Å². The number of sulfonamides is 1. The summed E-state index contributed by atoms with van der Waals surface area (Å²) in [4.78, 5) is 14.8. The highest BCUT2D eigenvalue weighted by Gasteiger charge is 2.41. The number of amides is 1. The summed E-state index contributed by atoms with van der Waals surface area (Å²) in [6.45, 7) is 3.15. The van der Waals surface area contributed by atoms with Crippen molar-refractivity contribution in [2.45, 2.75) is 68.2 Å². The standard InChI is InChI=1S/C34H40F4N4O3S/c1-23(25-5-11-29(35)12-6-25)40-33(43)27-7-13-30(14-8-27)41-46(44,45)31-15-9-26(10-16-31)28-4-2-3-24(21-28)17-19-42-20-18-39-32(22-42)34(36,37)38/h2-6,9-12,15-16,21,23,27,30,32,39,41H,7-8,13-14,17-20,22H2,1H3,(H,40,43)/t23-,27?,30?,32?/m1/s1. The molecular formula is C34H40F4N4O3S. The van der Waals surface area contributed by atoms with Crippen molar-refractivity contribution in [3.8, 4) is 11.1 Å². The molecule has 3 aromatic carbocycles. The average molecular weight is 661 g/mol. The Morgan fingerprint density at radius 1 is 0.978 bits per heavy atom. The van der Waals surface area contributed by atoms with Gasteiger partial charge in [0.05, 0.1) is 10.9 Å². The molecule has 0 spiro atoms. The fourth-order valence-corrected chi connectivity index (χ4v) is 7.49. The normalized spacial score (nSPS) is 21.9. The van der Waals surface area contributed by atoms with E-state index >= 15 is 0 Å². The Kier molecular flexibility index (Phi) is 10.8. The number of nitrogens with zero attached hydrogens (tertiary/aromatic N) is 1. The summed E-state index contributed by atoms with van der Waals surface area (Å²) < 4.78 is 81.7. The number of rotatable bonds is 10. The molecule has 2 aliphatic rings. The van der Waals surface area contributed by atoms with E-state index in [4.69, 9.17) is 0 Å². The average Bonchev–Trinajstić information content (AvgIpc) is 3.04. The van der Waals surface area contributed by atoms with Crippen LogP contribution >= 0.6 is 0 Å². The zero-order valence-corrected chi connectivity index (χ0v) is 26.5. The Bertz CT molecular complexity index is 1580. The van der Waals surface area contributed by atoms with E-state index in [9.17, 15) is 30.8 Å². The van der Waals surface area contributed by atoms with Crippen molar-refractivity contribution in [1.82, 2.24) is 20.3 Å². The van der Waals surface area contributed by atoms with Crippen molar-refractivity contribution in [3.05, 3.63) is 89.7 Å². The summed E-state index contributed by atoms with van der Waals surface area (Å²) in [5.74, 6) is -0.636. The molecule has 12 heteroatoms. The number of nitrogens with one attached hydrogen (secondary N) is 3. The molecule has 248 valence electrons. The Morgan fingerprint density at radius 3 is 2.35 bits per heavy atom. The number of piperazine rings is 1. The fourth-order valence-electron chi connectivity index (χ4n) is 6.18. The van der Waals surface area contributed by atoms with Crippen LogP contribution in [0.25, 0.3) is 11.1 Å². The number of hydrogen-bond acceptors (Lipinski definition) is 5. The van der Waals surface area contributed by atoms with Crippen LogP contribution < -0.4 is 15.4 Å². The molecule has 1 aliphatic heterocycles. The van der Waals surface area contributed by atoms with Gasteiger partial charge in [-0.05, 0) is 85.5 Å². The highest BCUT2D eigenvalue weighted by Crippen LogP contribution is 2.28. The lowest BCUT2D eigenvalue weighted by atomic mass is 9.85. The second kappa shape index (κ2) is 14.6. The SMILES string of the molecule is C[C@@H](NC(=O)C1CCC(NS(=O)(=O)c2ccc(-c3cccc(CCN4CCNC(C(F)(F)F)C4)c3)cc2)CC1)c1ccc(F)cc1. The van der Waals surface area contributed by atoms with Gasteiger partial charge in [-0.1, -0.05) is 48.5 Å². The number of carbonyl (C=O) groups is 1.